The molecule has 5 heteroatoms. The van der Waals surface area contributed by atoms with Crippen molar-refractivity contribution in [3.63, 3.8) is 0 Å². The monoisotopic (exact) mass is 212 g/mol. The van der Waals surface area contributed by atoms with E-state index in [1.807, 2.05) is 0 Å². The zero-order chi connectivity index (χ0) is 10.8. The van der Waals surface area contributed by atoms with Crippen LogP contribution in [0.1, 0.15) is 25.7 Å². The molecular formula is C10H16N2O3. The van der Waals surface area contributed by atoms with Crippen molar-refractivity contribution in [2.45, 2.75) is 31.8 Å². The van der Waals surface area contributed by atoms with Gasteiger partial charge in [0.15, 0.2) is 0 Å². The number of aliphatic hydroxyl groups excluding tert-OH is 1. The number of rotatable bonds is 2. The topological polar surface area (TPSA) is 69.6 Å². The van der Waals surface area contributed by atoms with Gasteiger partial charge in [-0.1, -0.05) is 6.42 Å². The number of amides is 3. The first-order chi connectivity index (χ1) is 7.16. The summed E-state index contributed by atoms with van der Waals surface area (Å²) in [4.78, 5) is 23.9. The molecule has 0 aromatic carbocycles. The molecular weight excluding hydrogens is 196 g/mol. The maximum absolute atomic E-state index is 11.3. The SMILES string of the molecule is O=C1CNC(=O)N1CC1CCCC(O)C1. The molecule has 0 aromatic rings. The highest BCUT2D eigenvalue weighted by molar-refractivity contribution is 6.01. The third-order valence-electron chi connectivity index (χ3n) is 3.13. The van der Waals surface area contributed by atoms with Gasteiger partial charge in [0, 0.05) is 6.54 Å². The minimum absolute atomic E-state index is 0.119. The lowest BCUT2D eigenvalue weighted by atomic mass is 9.87. The van der Waals surface area contributed by atoms with Gasteiger partial charge in [-0.25, -0.2) is 4.79 Å². The molecule has 1 saturated heterocycles. The van der Waals surface area contributed by atoms with Crippen LogP contribution >= 0.6 is 0 Å². The Hall–Kier alpha value is -1.10. The van der Waals surface area contributed by atoms with Crippen molar-refractivity contribution in [1.82, 2.24) is 10.2 Å². The van der Waals surface area contributed by atoms with Crippen LogP contribution in [0.15, 0.2) is 0 Å². The number of aliphatic hydroxyl groups is 1. The highest BCUT2D eigenvalue weighted by Crippen LogP contribution is 2.25. The number of nitrogens with one attached hydrogen (secondary N) is 1. The standard InChI is InChI=1S/C10H16N2O3/c13-8-3-1-2-7(4-8)6-12-9(14)5-11-10(12)15/h7-8,13H,1-6H2,(H,11,15). The van der Waals surface area contributed by atoms with Crippen LogP contribution in [0.2, 0.25) is 0 Å². The number of urea groups is 1. The molecule has 0 spiro atoms. The summed E-state index contributed by atoms with van der Waals surface area (Å²) >= 11 is 0. The van der Waals surface area contributed by atoms with Gasteiger partial charge in [-0.15, -0.1) is 0 Å². The second-order valence-corrected chi connectivity index (χ2v) is 4.35. The molecule has 1 aliphatic carbocycles. The van der Waals surface area contributed by atoms with Crippen LogP contribution in [0.5, 0.6) is 0 Å². The predicted molar refractivity (Wildman–Crippen MR) is 53.1 cm³/mol. The van der Waals surface area contributed by atoms with Gasteiger partial charge in [0.2, 0.25) is 5.91 Å². The minimum Gasteiger partial charge on any atom is -0.393 e. The third kappa shape index (κ3) is 2.28. The molecule has 2 atom stereocenters. The van der Waals surface area contributed by atoms with Gasteiger partial charge < -0.3 is 10.4 Å². The van der Waals surface area contributed by atoms with Crippen LogP contribution in [0.4, 0.5) is 4.79 Å². The minimum atomic E-state index is -0.292. The molecule has 0 aromatic heterocycles. The fourth-order valence-electron chi connectivity index (χ4n) is 2.33. The van der Waals surface area contributed by atoms with E-state index in [-0.39, 0.29) is 30.5 Å². The Morgan fingerprint density at radius 2 is 2.20 bits per heavy atom. The quantitative estimate of drug-likeness (QED) is 0.637. The molecule has 5 nitrogen and oxygen atoms in total. The molecule has 1 aliphatic heterocycles. The van der Waals surface area contributed by atoms with E-state index in [9.17, 15) is 14.7 Å². The average molecular weight is 212 g/mol. The second-order valence-electron chi connectivity index (χ2n) is 4.35. The molecule has 0 radical (unpaired) electrons. The Bertz CT molecular complexity index is 264. The lowest BCUT2D eigenvalue weighted by Crippen LogP contribution is -2.37. The lowest BCUT2D eigenvalue weighted by molar-refractivity contribution is -0.125. The van der Waals surface area contributed by atoms with E-state index in [1.54, 1.807) is 0 Å². The van der Waals surface area contributed by atoms with Crippen LogP contribution in [0.3, 0.4) is 0 Å². The van der Waals surface area contributed by atoms with E-state index >= 15 is 0 Å². The Kier molecular flexibility index (Phi) is 2.90. The summed E-state index contributed by atoms with van der Waals surface area (Å²) in [5, 5.41) is 12.0. The number of carbonyl (C=O) groups is 2. The van der Waals surface area contributed by atoms with Gasteiger partial charge >= 0.3 is 6.03 Å². The van der Waals surface area contributed by atoms with Gasteiger partial charge in [-0.3, -0.25) is 9.69 Å². The highest BCUT2D eigenvalue weighted by Gasteiger charge is 2.32. The first-order valence-electron chi connectivity index (χ1n) is 5.43. The summed E-state index contributed by atoms with van der Waals surface area (Å²) < 4.78 is 0. The molecule has 1 heterocycles. The maximum atomic E-state index is 11.3. The van der Waals surface area contributed by atoms with Crippen LogP contribution in [0.25, 0.3) is 0 Å². The molecule has 2 N–H and O–H groups in total. The Morgan fingerprint density at radius 1 is 1.40 bits per heavy atom. The zero-order valence-electron chi connectivity index (χ0n) is 8.61. The number of imide groups is 1. The van der Waals surface area contributed by atoms with E-state index in [2.05, 4.69) is 5.32 Å². The van der Waals surface area contributed by atoms with Crippen molar-refractivity contribution in [2.24, 2.45) is 5.92 Å². The highest BCUT2D eigenvalue weighted by atomic mass is 16.3. The number of carbonyl (C=O) groups excluding carboxylic acids is 2. The van der Waals surface area contributed by atoms with Crippen molar-refractivity contribution in [2.75, 3.05) is 13.1 Å². The Balaban J connectivity index is 1.90. The summed E-state index contributed by atoms with van der Waals surface area (Å²) in [5.41, 5.74) is 0. The predicted octanol–water partition coefficient (Wildman–Crippen LogP) is 0.0893. The summed E-state index contributed by atoms with van der Waals surface area (Å²) in [6.45, 7) is 0.579. The normalized spacial score (nSPS) is 31.9. The average Bonchev–Trinajstić information content (AvgIpc) is 2.50. The van der Waals surface area contributed by atoms with Gasteiger partial charge in [-0.2, -0.15) is 0 Å². The van der Waals surface area contributed by atoms with E-state index in [1.165, 1.54) is 4.90 Å². The number of hydrogen-bond donors (Lipinski definition) is 2. The molecule has 3 amide bonds. The molecule has 0 bridgehead atoms. The van der Waals surface area contributed by atoms with Crippen LogP contribution < -0.4 is 5.32 Å². The van der Waals surface area contributed by atoms with Gasteiger partial charge in [-0.05, 0) is 25.2 Å². The molecule has 2 fully saturated rings. The lowest BCUT2D eigenvalue weighted by Gasteiger charge is -2.28. The van der Waals surface area contributed by atoms with Gasteiger partial charge in [0.25, 0.3) is 0 Å². The van der Waals surface area contributed by atoms with Crippen molar-refractivity contribution in [3.05, 3.63) is 0 Å². The zero-order valence-corrected chi connectivity index (χ0v) is 8.61. The first-order valence-corrected chi connectivity index (χ1v) is 5.43. The van der Waals surface area contributed by atoms with E-state index in [4.69, 9.17) is 0 Å². The van der Waals surface area contributed by atoms with E-state index in [0.717, 1.165) is 19.3 Å². The summed E-state index contributed by atoms with van der Waals surface area (Å²) in [7, 11) is 0. The molecule has 2 aliphatic rings. The fourth-order valence-corrected chi connectivity index (χ4v) is 2.33. The third-order valence-corrected chi connectivity index (χ3v) is 3.13. The summed E-state index contributed by atoms with van der Waals surface area (Å²) in [6, 6.07) is -0.292. The summed E-state index contributed by atoms with van der Waals surface area (Å²) in [6.07, 6.45) is 3.27. The summed E-state index contributed by atoms with van der Waals surface area (Å²) in [5.74, 6) is 0.113. The first kappa shape index (κ1) is 10.4. The van der Waals surface area contributed by atoms with E-state index < -0.39 is 0 Å². The molecule has 2 rings (SSSR count). The van der Waals surface area contributed by atoms with Crippen molar-refractivity contribution in [3.8, 4) is 0 Å². The van der Waals surface area contributed by atoms with Crippen LogP contribution in [0, 0.1) is 5.92 Å². The molecule has 84 valence electrons. The van der Waals surface area contributed by atoms with Crippen LogP contribution in [-0.4, -0.2) is 41.1 Å². The van der Waals surface area contributed by atoms with Crippen molar-refractivity contribution < 1.29 is 14.7 Å². The molecule has 2 unspecified atom stereocenters. The second kappa shape index (κ2) is 4.18. The number of nitrogens with zero attached hydrogens (tertiary/aromatic N) is 1. The fraction of sp³-hybridized carbons (Fsp3) is 0.800. The Labute approximate surface area is 88.4 Å². The Morgan fingerprint density at radius 3 is 2.80 bits per heavy atom. The van der Waals surface area contributed by atoms with E-state index in [0.29, 0.717) is 13.0 Å². The molecule has 1 saturated carbocycles. The van der Waals surface area contributed by atoms with Crippen molar-refractivity contribution in [1.29, 1.82) is 0 Å². The van der Waals surface area contributed by atoms with Gasteiger partial charge in [0.05, 0.1) is 12.6 Å². The maximum Gasteiger partial charge on any atom is 0.324 e. The largest absolute Gasteiger partial charge is 0.393 e. The van der Waals surface area contributed by atoms with Crippen molar-refractivity contribution >= 4 is 11.9 Å². The van der Waals surface area contributed by atoms with Crippen LogP contribution in [-0.2, 0) is 4.79 Å². The molecule has 15 heavy (non-hydrogen) atoms. The number of hydrogen-bond acceptors (Lipinski definition) is 3. The van der Waals surface area contributed by atoms with Gasteiger partial charge in [0.1, 0.15) is 0 Å². The smallest absolute Gasteiger partial charge is 0.324 e.